The Morgan fingerprint density at radius 1 is 1.23 bits per heavy atom. The predicted octanol–water partition coefficient (Wildman–Crippen LogP) is 3.95. The van der Waals surface area contributed by atoms with E-state index in [0.29, 0.717) is 30.3 Å². The smallest absolute Gasteiger partial charge is 0.251 e. The molecule has 0 radical (unpaired) electrons. The number of benzene rings is 2. The Hall–Kier alpha value is -2.33. The zero-order chi connectivity index (χ0) is 18.5. The molecule has 0 spiro atoms. The lowest BCUT2D eigenvalue weighted by atomic mass is 9.87. The Bertz CT molecular complexity index is 770. The summed E-state index contributed by atoms with van der Waals surface area (Å²) >= 11 is 0. The van der Waals surface area contributed by atoms with Gasteiger partial charge in [-0.15, -0.1) is 0 Å². The Morgan fingerprint density at radius 2 is 2.04 bits per heavy atom. The standard InChI is InChI=1S/C22H28N2O2/c1-15(2)13-24-22(26)17-7-3-6-16(12-17)14-23-20-10-4-9-19-18(20)8-5-11-21(19)25/h3,5-8,11-12,15,20,23,25H,4,9-10,13-14H2,1-2H3,(H,24,26). The summed E-state index contributed by atoms with van der Waals surface area (Å²) in [7, 11) is 0. The predicted molar refractivity (Wildman–Crippen MR) is 104 cm³/mol. The SMILES string of the molecule is CC(C)CNC(=O)c1cccc(CNC2CCCc3c(O)cccc32)c1. The minimum atomic E-state index is -0.0199. The number of carbonyl (C=O) groups is 1. The number of fused-ring (bicyclic) bond motifs is 1. The summed E-state index contributed by atoms with van der Waals surface area (Å²) in [4.78, 5) is 12.2. The van der Waals surface area contributed by atoms with Crippen LogP contribution >= 0.6 is 0 Å². The molecule has 1 aliphatic carbocycles. The molecular formula is C22H28N2O2. The molecule has 0 fully saturated rings. The lowest BCUT2D eigenvalue weighted by Gasteiger charge is -2.27. The summed E-state index contributed by atoms with van der Waals surface area (Å²) < 4.78 is 0. The highest BCUT2D eigenvalue weighted by molar-refractivity contribution is 5.94. The molecule has 0 saturated carbocycles. The molecule has 1 amide bonds. The van der Waals surface area contributed by atoms with Crippen molar-refractivity contribution in [3.8, 4) is 5.75 Å². The molecule has 1 atom stereocenters. The van der Waals surface area contributed by atoms with Crippen LogP contribution in [-0.2, 0) is 13.0 Å². The summed E-state index contributed by atoms with van der Waals surface area (Å²) in [5.41, 5.74) is 4.06. The number of rotatable bonds is 6. The first-order chi connectivity index (χ1) is 12.5. The van der Waals surface area contributed by atoms with Crippen LogP contribution < -0.4 is 10.6 Å². The minimum Gasteiger partial charge on any atom is -0.508 e. The van der Waals surface area contributed by atoms with Gasteiger partial charge in [-0.3, -0.25) is 4.79 Å². The third-order valence-corrected chi connectivity index (χ3v) is 4.90. The first-order valence-corrected chi connectivity index (χ1v) is 9.46. The molecule has 0 aliphatic heterocycles. The molecule has 0 saturated heterocycles. The zero-order valence-electron chi connectivity index (χ0n) is 15.6. The first-order valence-electron chi connectivity index (χ1n) is 9.46. The summed E-state index contributed by atoms with van der Waals surface area (Å²) in [6, 6.07) is 13.8. The maximum Gasteiger partial charge on any atom is 0.251 e. The topological polar surface area (TPSA) is 61.4 Å². The molecule has 4 nitrogen and oxygen atoms in total. The summed E-state index contributed by atoms with van der Waals surface area (Å²) in [5, 5.41) is 16.6. The van der Waals surface area contributed by atoms with E-state index in [-0.39, 0.29) is 11.9 Å². The monoisotopic (exact) mass is 352 g/mol. The van der Waals surface area contributed by atoms with E-state index in [1.807, 2.05) is 30.3 Å². The van der Waals surface area contributed by atoms with Crippen molar-refractivity contribution in [3.05, 3.63) is 64.7 Å². The number of aromatic hydroxyl groups is 1. The molecule has 2 aromatic carbocycles. The summed E-state index contributed by atoms with van der Waals surface area (Å²) in [6.45, 7) is 5.55. The number of hydrogen-bond acceptors (Lipinski definition) is 3. The van der Waals surface area contributed by atoms with Crippen molar-refractivity contribution in [2.24, 2.45) is 5.92 Å². The van der Waals surface area contributed by atoms with E-state index in [1.54, 1.807) is 6.07 Å². The number of nitrogens with one attached hydrogen (secondary N) is 2. The lowest BCUT2D eigenvalue weighted by Crippen LogP contribution is -2.27. The van der Waals surface area contributed by atoms with Gasteiger partial charge >= 0.3 is 0 Å². The van der Waals surface area contributed by atoms with Gasteiger partial charge in [0.2, 0.25) is 0 Å². The Morgan fingerprint density at radius 3 is 2.85 bits per heavy atom. The van der Waals surface area contributed by atoms with E-state index >= 15 is 0 Å². The van der Waals surface area contributed by atoms with E-state index in [0.717, 1.165) is 30.4 Å². The maximum atomic E-state index is 12.2. The lowest BCUT2D eigenvalue weighted by molar-refractivity contribution is 0.0949. The molecule has 1 aliphatic rings. The molecule has 138 valence electrons. The Balaban J connectivity index is 1.65. The maximum absolute atomic E-state index is 12.2. The average molecular weight is 352 g/mol. The van der Waals surface area contributed by atoms with E-state index in [9.17, 15) is 9.90 Å². The van der Waals surface area contributed by atoms with Crippen molar-refractivity contribution in [2.75, 3.05) is 6.54 Å². The molecular weight excluding hydrogens is 324 g/mol. The molecule has 3 rings (SSSR count). The molecule has 4 heteroatoms. The molecule has 3 N–H and O–H groups in total. The molecule has 2 aromatic rings. The van der Waals surface area contributed by atoms with E-state index in [2.05, 4.69) is 30.5 Å². The van der Waals surface area contributed by atoms with Gasteiger partial charge in [0, 0.05) is 24.7 Å². The number of carbonyl (C=O) groups excluding carboxylic acids is 1. The van der Waals surface area contributed by atoms with Crippen molar-refractivity contribution < 1.29 is 9.90 Å². The van der Waals surface area contributed by atoms with Gasteiger partial charge < -0.3 is 15.7 Å². The van der Waals surface area contributed by atoms with Crippen LogP contribution in [0.25, 0.3) is 0 Å². The Labute approximate surface area is 155 Å². The van der Waals surface area contributed by atoms with Gasteiger partial charge in [-0.25, -0.2) is 0 Å². The van der Waals surface area contributed by atoms with Gasteiger partial charge in [-0.1, -0.05) is 38.1 Å². The van der Waals surface area contributed by atoms with Crippen LogP contribution in [-0.4, -0.2) is 17.6 Å². The van der Waals surface area contributed by atoms with Crippen molar-refractivity contribution in [1.82, 2.24) is 10.6 Å². The summed E-state index contributed by atoms with van der Waals surface area (Å²) in [6.07, 6.45) is 3.07. The number of hydrogen-bond donors (Lipinski definition) is 3. The fourth-order valence-corrected chi connectivity index (χ4v) is 3.50. The van der Waals surface area contributed by atoms with Gasteiger partial charge in [-0.2, -0.15) is 0 Å². The van der Waals surface area contributed by atoms with Crippen LogP contribution in [0.4, 0.5) is 0 Å². The molecule has 0 heterocycles. The zero-order valence-corrected chi connectivity index (χ0v) is 15.6. The van der Waals surface area contributed by atoms with Gasteiger partial charge in [0.05, 0.1) is 0 Å². The number of phenolic OH excluding ortho intramolecular Hbond substituents is 1. The van der Waals surface area contributed by atoms with Crippen LogP contribution in [0.1, 0.15) is 59.8 Å². The fourth-order valence-electron chi connectivity index (χ4n) is 3.50. The molecule has 0 aromatic heterocycles. The normalized spacial score (nSPS) is 16.3. The second kappa shape index (κ2) is 8.37. The highest BCUT2D eigenvalue weighted by Crippen LogP contribution is 2.34. The van der Waals surface area contributed by atoms with Crippen LogP contribution in [0.2, 0.25) is 0 Å². The van der Waals surface area contributed by atoms with E-state index in [1.165, 1.54) is 5.56 Å². The largest absolute Gasteiger partial charge is 0.508 e. The minimum absolute atomic E-state index is 0.0199. The second-order valence-electron chi connectivity index (χ2n) is 7.47. The first kappa shape index (κ1) is 18.5. The van der Waals surface area contributed by atoms with Crippen molar-refractivity contribution >= 4 is 5.91 Å². The van der Waals surface area contributed by atoms with Gasteiger partial charge in [-0.05, 0) is 60.1 Å². The quantitative estimate of drug-likeness (QED) is 0.738. The highest BCUT2D eigenvalue weighted by atomic mass is 16.3. The third-order valence-electron chi connectivity index (χ3n) is 4.90. The molecule has 0 bridgehead atoms. The molecule has 26 heavy (non-hydrogen) atoms. The van der Waals surface area contributed by atoms with Gasteiger partial charge in [0.15, 0.2) is 0 Å². The van der Waals surface area contributed by atoms with Gasteiger partial charge in [0.1, 0.15) is 5.75 Å². The average Bonchev–Trinajstić information content (AvgIpc) is 2.65. The van der Waals surface area contributed by atoms with E-state index < -0.39 is 0 Å². The van der Waals surface area contributed by atoms with Crippen LogP contribution in [0.15, 0.2) is 42.5 Å². The van der Waals surface area contributed by atoms with Crippen LogP contribution in [0.3, 0.4) is 0 Å². The third kappa shape index (κ3) is 4.44. The van der Waals surface area contributed by atoms with Gasteiger partial charge in [0.25, 0.3) is 5.91 Å². The van der Waals surface area contributed by atoms with Crippen LogP contribution in [0, 0.1) is 5.92 Å². The fraction of sp³-hybridized carbons (Fsp3) is 0.409. The second-order valence-corrected chi connectivity index (χ2v) is 7.47. The number of amides is 1. The Kier molecular flexibility index (Phi) is 5.94. The van der Waals surface area contributed by atoms with Crippen molar-refractivity contribution in [3.63, 3.8) is 0 Å². The molecule has 1 unspecified atom stereocenters. The van der Waals surface area contributed by atoms with E-state index in [4.69, 9.17) is 0 Å². The number of phenols is 1. The summed E-state index contributed by atoms with van der Waals surface area (Å²) in [5.74, 6) is 0.817. The van der Waals surface area contributed by atoms with Crippen molar-refractivity contribution in [2.45, 2.75) is 45.7 Å². The van der Waals surface area contributed by atoms with Crippen LogP contribution in [0.5, 0.6) is 5.75 Å². The highest BCUT2D eigenvalue weighted by Gasteiger charge is 2.21. The van der Waals surface area contributed by atoms with Crippen molar-refractivity contribution in [1.29, 1.82) is 0 Å².